The van der Waals surface area contributed by atoms with E-state index in [0.29, 0.717) is 11.8 Å². The van der Waals surface area contributed by atoms with Crippen LogP contribution < -0.4 is 0 Å². The van der Waals surface area contributed by atoms with Gasteiger partial charge < -0.3 is 0 Å². The van der Waals surface area contributed by atoms with E-state index in [-0.39, 0.29) is 5.41 Å². The Labute approximate surface area is 171 Å². The minimum Gasteiger partial charge on any atom is -0.255 e. The second-order valence-corrected chi connectivity index (χ2v) is 9.67. The fourth-order valence-electron chi connectivity index (χ4n) is 3.87. The van der Waals surface area contributed by atoms with Gasteiger partial charge in [0.25, 0.3) is 0 Å². The maximum atomic E-state index is 4.96. The molecule has 0 aliphatic carbocycles. The highest BCUT2D eigenvalue weighted by Crippen LogP contribution is 2.36. The molecule has 0 fully saturated rings. The predicted octanol–water partition coefficient (Wildman–Crippen LogP) is 8.14. The summed E-state index contributed by atoms with van der Waals surface area (Å²) in [6.07, 6.45) is 3.26. The molecule has 0 saturated carbocycles. The highest BCUT2D eigenvalue weighted by atomic mass is 14.7. The molecule has 0 spiro atoms. The Balaban J connectivity index is 2.29. The van der Waals surface area contributed by atoms with Crippen molar-refractivity contribution < 1.29 is 0 Å². The van der Waals surface area contributed by atoms with Crippen LogP contribution in [0.15, 0.2) is 42.6 Å². The van der Waals surface area contributed by atoms with E-state index in [4.69, 9.17) is 4.98 Å². The number of pyridine rings is 1. The SMILES string of the molecule is CCC(C)c1ccc2c(-c3cc(C)cc(C(C)(C)C)c3)ncc(C(C)C)c2c1. The largest absolute Gasteiger partial charge is 0.255 e. The van der Waals surface area contributed by atoms with Crippen LogP contribution in [-0.2, 0) is 5.41 Å². The molecule has 1 heterocycles. The van der Waals surface area contributed by atoms with Gasteiger partial charge in [-0.25, -0.2) is 0 Å². The maximum Gasteiger partial charge on any atom is 0.0780 e. The first-order valence-electron chi connectivity index (χ1n) is 10.7. The third kappa shape index (κ3) is 3.99. The van der Waals surface area contributed by atoms with Gasteiger partial charge in [0, 0.05) is 17.1 Å². The van der Waals surface area contributed by atoms with E-state index >= 15 is 0 Å². The fraction of sp³-hybridized carbons (Fsp3) is 0.444. The Morgan fingerprint density at radius 2 is 1.64 bits per heavy atom. The lowest BCUT2D eigenvalue weighted by Gasteiger charge is -2.21. The van der Waals surface area contributed by atoms with Gasteiger partial charge in [-0.2, -0.15) is 0 Å². The molecule has 28 heavy (non-hydrogen) atoms. The van der Waals surface area contributed by atoms with Crippen molar-refractivity contribution in [1.82, 2.24) is 4.98 Å². The molecule has 2 aromatic carbocycles. The van der Waals surface area contributed by atoms with Crippen molar-refractivity contribution in [3.8, 4) is 11.3 Å². The van der Waals surface area contributed by atoms with Gasteiger partial charge in [0.1, 0.15) is 0 Å². The van der Waals surface area contributed by atoms with Crippen molar-refractivity contribution in [2.75, 3.05) is 0 Å². The van der Waals surface area contributed by atoms with Crippen LogP contribution in [0.3, 0.4) is 0 Å². The van der Waals surface area contributed by atoms with E-state index in [1.807, 2.05) is 0 Å². The summed E-state index contributed by atoms with van der Waals surface area (Å²) in [5.74, 6) is 1.03. The Morgan fingerprint density at radius 1 is 0.929 bits per heavy atom. The molecule has 0 aliphatic heterocycles. The van der Waals surface area contributed by atoms with Gasteiger partial charge in [0.05, 0.1) is 5.69 Å². The van der Waals surface area contributed by atoms with Gasteiger partial charge >= 0.3 is 0 Å². The number of aryl methyl sites for hydroxylation is 1. The zero-order valence-corrected chi connectivity index (χ0v) is 18.9. The Hall–Kier alpha value is -2.15. The molecule has 0 saturated heterocycles. The first-order chi connectivity index (χ1) is 13.1. The molecule has 1 heteroatoms. The molecule has 1 aromatic heterocycles. The third-order valence-corrected chi connectivity index (χ3v) is 5.96. The topological polar surface area (TPSA) is 12.9 Å². The molecule has 148 valence electrons. The number of rotatable bonds is 4. The van der Waals surface area contributed by atoms with Crippen LogP contribution in [0.5, 0.6) is 0 Å². The number of hydrogen-bond donors (Lipinski definition) is 0. The molecule has 1 unspecified atom stereocenters. The smallest absolute Gasteiger partial charge is 0.0780 e. The van der Waals surface area contributed by atoms with E-state index in [1.165, 1.54) is 38.6 Å². The van der Waals surface area contributed by atoms with E-state index in [1.54, 1.807) is 0 Å². The molecule has 0 amide bonds. The molecule has 3 aromatic rings. The predicted molar refractivity (Wildman–Crippen MR) is 123 cm³/mol. The van der Waals surface area contributed by atoms with Crippen LogP contribution in [0, 0.1) is 6.92 Å². The van der Waals surface area contributed by atoms with Crippen LogP contribution >= 0.6 is 0 Å². The van der Waals surface area contributed by atoms with Crippen molar-refractivity contribution in [1.29, 1.82) is 0 Å². The first-order valence-corrected chi connectivity index (χ1v) is 10.7. The highest BCUT2D eigenvalue weighted by Gasteiger charge is 2.18. The van der Waals surface area contributed by atoms with E-state index in [2.05, 4.69) is 98.0 Å². The number of nitrogens with zero attached hydrogens (tertiary/aromatic N) is 1. The van der Waals surface area contributed by atoms with Crippen molar-refractivity contribution in [2.24, 2.45) is 0 Å². The molecule has 0 aliphatic rings. The van der Waals surface area contributed by atoms with Crippen LogP contribution in [0.1, 0.15) is 89.0 Å². The number of benzene rings is 2. The zero-order valence-electron chi connectivity index (χ0n) is 18.9. The summed E-state index contributed by atoms with van der Waals surface area (Å²) in [5.41, 5.74) is 7.87. The quantitative estimate of drug-likeness (QED) is 0.449. The van der Waals surface area contributed by atoms with Crippen molar-refractivity contribution >= 4 is 10.8 Å². The lowest BCUT2D eigenvalue weighted by atomic mass is 9.84. The van der Waals surface area contributed by atoms with Crippen molar-refractivity contribution in [2.45, 2.75) is 79.1 Å². The van der Waals surface area contributed by atoms with Crippen LogP contribution in [-0.4, -0.2) is 4.98 Å². The van der Waals surface area contributed by atoms with Crippen LogP contribution in [0.2, 0.25) is 0 Å². The van der Waals surface area contributed by atoms with Crippen LogP contribution in [0.25, 0.3) is 22.0 Å². The van der Waals surface area contributed by atoms with E-state index in [0.717, 1.165) is 12.1 Å². The Bertz CT molecular complexity index is 989. The van der Waals surface area contributed by atoms with Gasteiger partial charge in [-0.3, -0.25) is 4.98 Å². The lowest BCUT2D eigenvalue weighted by molar-refractivity contribution is 0.590. The third-order valence-electron chi connectivity index (χ3n) is 5.96. The second-order valence-electron chi connectivity index (χ2n) is 9.67. The normalized spacial score (nSPS) is 13.3. The van der Waals surface area contributed by atoms with E-state index < -0.39 is 0 Å². The Morgan fingerprint density at radius 3 is 2.25 bits per heavy atom. The molecule has 1 nitrogen and oxygen atoms in total. The summed E-state index contributed by atoms with van der Waals surface area (Å²) in [6, 6.07) is 13.9. The molecule has 3 rings (SSSR count). The van der Waals surface area contributed by atoms with E-state index in [9.17, 15) is 0 Å². The lowest BCUT2D eigenvalue weighted by Crippen LogP contribution is -2.11. The van der Waals surface area contributed by atoms with Gasteiger partial charge in [-0.15, -0.1) is 0 Å². The number of hydrogen-bond acceptors (Lipinski definition) is 1. The summed E-state index contributed by atoms with van der Waals surface area (Å²) in [7, 11) is 0. The van der Waals surface area contributed by atoms with Gasteiger partial charge in [0.15, 0.2) is 0 Å². The maximum absolute atomic E-state index is 4.96. The molecular weight excluding hydrogens is 338 g/mol. The average Bonchev–Trinajstić information content (AvgIpc) is 2.64. The highest BCUT2D eigenvalue weighted by molar-refractivity contribution is 5.97. The molecule has 0 radical (unpaired) electrons. The monoisotopic (exact) mass is 373 g/mol. The zero-order chi connectivity index (χ0) is 20.6. The van der Waals surface area contributed by atoms with Gasteiger partial charge in [-0.1, -0.05) is 78.3 Å². The molecule has 0 bridgehead atoms. The Kier molecular flexibility index (Phi) is 5.66. The minimum absolute atomic E-state index is 0.123. The molecule has 1 atom stereocenters. The summed E-state index contributed by atoms with van der Waals surface area (Å²) in [5, 5.41) is 2.63. The summed E-state index contributed by atoms with van der Waals surface area (Å²) >= 11 is 0. The van der Waals surface area contributed by atoms with Crippen LogP contribution in [0.4, 0.5) is 0 Å². The van der Waals surface area contributed by atoms with Gasteiger partial charge in [0.2, 0.25) is 0 Å². The minimum atomic E-state index is 0.123. The average molecular weight is 374 g/mol. The van der Waals surface area contributed by atoms with Gasteiger partial charge in [-0.05, 0) is 64.8 Å². The number of fused-ring (bicyclic) bond motifs is 1. The number of aromatic nitrogens is 1. The fourth-order valence-corrected chi connectivity index (χ4v) is 3.87. The molecule has 0 N–H and O–H groups in total. The summed E-state index contributed by atoms with van der Waals surface area (Å²) in [4.78, 5) is 4.96. The standard InChI is InChI=1S/C27H35N/c1-9-19(5)20-10-11-23-24(15-20)25(17(2)3)16-28-26(23)21-12-18(4)13-22(14-21)27(6,7)8/h10-17,19H,9H2,1-8H3. The van der Waals surface area contributed by atoms with Crippen molar-refractivity contribution in [3.63, 3.8) is 0 Å². The first kappa shape index (κ1) is 20.6. The summed E-state index contributed by atoms with van der Waals surface area (Å²) in [6.45, 7) is 18.1. The second kappa shape index (κ2) is 7.70. The summed E-state index contributed by atoms with van der Waals surface area (Å²) < 4.78 is 0. The molecular formula is C27H35N. The van der Waals surface area contributed by atoms with Crippen molar-refractivity contribution in [3.05, 3.63) is 64.8 Å².